The summed E-state index contributed by atoms with van der Waals surface area (Å²) in [6.45, 7) is 0.765. The average molecular weight is 315 g/mol. The standard InChI is InChI=1S/C18H25N3O2/c19-15-5-1-2-6-16(15)20-18(23)13-8-10-14(11-9-13)21-12-4-3-7-17(21)22/h8-11,15-16H,1-7,12,19H2,(H,20,23). The minimum atomic E-state index is -0.0797. The number of amides is 2. The lowest BCUT2D eigenvalue weighted by Crippen LogP contribution is -2.49. The predicted octanol–water partition coefficient (Wildman–Crippen LogP) is 2.20. The molecule has 0 bridgehead atoms. The van der Waals surface area contributed by atoms with Crippen LogP contribution in [0.1, 0.15) is 55.3 Å². The van der Waals surface area contributed by atoms with Crippen molar-refractivity contribution in [3.63, 3.8) is 0 Å². The van der Waals surface area contributed by atoms with Crippen molar-refractivity contribution in [3.8, 4) is 0 Å². The number of rotatable bonds is 3. The number of nitrogens with zero attached hydrogens (tertiary/aromatic N) is 1. The molecular weight excluding hydrogens is 290 g/mol. The van der Waals surface area contributed by atoms with E-state index in [0.29, 0.717) is 12.0 Å². The number of hydrogen-bond acceptors (Lipinski definition) is 3. The summed E-state index contributed by atoms with van der Waals surface area (Å²) >= 11 is 0. The SMILES string of the molecule is NC1CCCCC1NC(=O)c1ccc(N2CCCCC2=O)cc1. The zero-order valence-corrected chi connectivity index (χ0v) is 13.5. The second-order valence-electron chi connectivity index (χ2n) is 6.58. The molecule has 1 saturated carbocycles. The van der Waals surface area contributed by atoms with Crippen molar-refractivity contribution in [2.24, 2.45) is 5.73 Å². The summed E-state index contributed by atoms with van der Waals surface area (Å²) in [6.07, 6.45) is 6.81. The molecule has 1 aliphatic carbocycles. The van der Waals surface area contributed by atoms with Crippen molar-refractivity contribution in [2.45, 2.75) is 57.0 Å². The molecule has 2 fully saturated rings. The van der Waals surface area contributed by atoms with E-state index in [1.54, 1.807) is 12.1 Å². The van der Waals surface area contributed by atoms with Crippen LogP contribution in [0.4, 0.5) is 5.69 Å². The lowest BCUT2D eigenvalue weighted by molar-refractivity contribution is -0.119. The molecule has 0 radical (unpaired) electrons. The fourth-order valence-electron chi connectivity index (χ4n) is 3.46. The van der Waals surface area contributed by atoms with Crippen LogP contribution in [-0.4, -0.2) is 30.4 Å². The van der Waals surface area contributed by atoms with Gasteiger partial charge >= 0.3 is 0 Å². The first kappa shape index (κ1) is 16.0. The topological polar surface area (TPSA) is 75.4 Å². The van der Waals surface area contributed by atoms with Crippen molar-refractivity contribution in [2.75, 3.05) is 11.4 Å². The first-order chi connectivity index (χ1) is 11.1. The average Bonchev–Trinajstić information content (AvgIpc) is 2.57. The van der Waals surface area contributed by atoms with Gasteiger partial charge in [0.05, 0.1) is 0 Å². The Morgan fingerprint density at radius 3 is 2.52 bits per heavy atom. The second-order valence-corrected chi connectivity index (χ2v) is 6.58. The van der Waals surface area contributed by atoms with Crippen LogP contribution in [0.15, 0.2) is 24.3 Å². The predicted molar refractivity (Wildman–Crippen MR) is 90.3 cm³/mol. The maximum absolute atomic E-state index is 12.4. The summed E-state index contributed by atoms with van der Waals surface area (Å²) in [7, 11) is 0. The monoisotopic (exact) mass is 315 g/mol. The quantitative estimate of drug-likeness (QED) is 0.898. The van der Waals surface area contributed by atoms with Gasteiger partial charge in [0.1, 0.15) is 0 Å². The Bertz CT molecular complexity index is 570. The highest BCUT2D eigenvalue weighted by Crippen LogP contribution is 2.22. The van der Waals surface area contributed by atoms with Gasteiger partial charge in [0, 0.05) is 36.3 Å². The van der Waals surface area contributed by atoms with Crippen LogP contribution in [0.25, 0.3) is 0 Å². The fraction of sp³-hybridized carbons (Fsp3) is 0.556. The van der Waals surface area contributed by atoms with E-state index in [4.69, 9.17) is 5.73 Å². The van der Waals surface area contributed by atoms with Gasteiger partial charge in [-0.3, -0.25) is 9.59 Å². The maximum atomic E-state index is 12.4. The number of hydrogen-bond donors (Lipinski definition) is 2. The smallest absolute Gasteiger partial charge is 0.251 e. The van der Waals surface area contributed by atoms with E-state index in [1.165, 1.54) is 0 Å². The molecule has 1 saturated heterocycles. The zero-order chi connectivity index (χ0) is 16.2. The van der Waals surface area contributed by atoms with E-state index in [2.05, 4.69) is 5.32 Å². The first-order valence-electron chi connectivity index (χ1n) is 8.62. The van der Waals surface area contributed by atoms with Crippen LogP contribution in [0.5, 0.6) is 0 Å². The van der Waals surface area contributed by atoms with Crippen LogP contribution < -0.4 is 16.0 Å². The third kappa shape index (κ3) is 3.72. The van der Waals surface area contributed by atoms with Gasteiger partial charge in [-0.15, -0.1) is 0 Å². The molecule has 0 spiro atoms. The van der Waals surface area contributed by atoms with Gasteiger partial charge in [-0.2, -0.15) is 0 Å². The lowest BCUT2D eigenvalue weighted by Gasteiger charge is -2.29. The van der Waals surface area contributed by atoms with Crippen LogP contribution in [0.3, 0.4) is 0 Å². The third-order valence-corrected chi connectivity index (χ3v) is 4.90. The molecule has 2 unspecified atom stereocenters. The fourth-order valence-corrected chi connectivity index (χ4v) is 3.46. The van der Waals surface area contributed by atoms with Crippen molar-refractivity contribution in [3.05, 3.63) is 29.8 Å². The molecule has 124 valence electrons. The van der Waals surface area contributed by atoms with E-state index in [-0.39, 0.29) is 23.9 Å². The molecule has 1 aromatic carbocycles. The van der Waals surface area contributed by atoms with Gasteiger partial charge in [-0.05, 0) is 49.9 Å². The molecule has 1 aliphatic heterocycles. The van der Waals surface area contributed by atoms with E-state index in [1.807, 2.05) is 17.0 Å². The molecule has 2 atom stereocenters. The van der Waals surface area contributed by atoms with Crippen LogP contribution in [-0.2, 0) is 4.79 Å². The van der Waals surface area contributed by atoms with Crippen LogP contribution in [0.2, 0.25) is 0 Å². The van der Waals surface area contributed by atoms with Gasteiger partial charge < -0.3 is 16.0 Å². The molecule has 1 aromatic rings. The number of anilines is 1. The highest BCUT2D eigenvalue weighted by molar-refractivity contribution is 5.97. The number of nitrogens with two attached hydrogens (primary N) is 1. The largest absolute Gasteiger partial charge is 0.348 e. The summed E-state index contributed by atoms with van der Waals surface area (Å²) in [5, 5.41) is 3.05. The molecular formula is C18H25N3O2. The van der Waals surface area contributed by atoms with E-state index < -0.39 is 0 Å². The zero-order valence-electron chi connectivity index (χ0n) is 13.5. The Kier molecular flexibility index (Phi) is 4.96. The third-order valence-electron chi connectivity index (χ3n) is 4.90. The Morgan fingerprint density at radius 1 is 1.09 bits per heavy atom. The number of carbonyl (C=O) groups is 2. The van der Waals surface area contributed by atoms with Crippen LogP contribution >= 0.6 is 0 Å². The Hall–Kier alpha value is -1.88. The molecule has 23 heavy (non-hydrogen) atoms. The van der Waals surface area contributed by atoms with Crippen molar-refractivity contribution in [1.82, 2.24) is 5.32 Å². The minimum Gasteiger partial charge on any atom is -0.348 e. The highest BCUT2D eigenvalue weighted by atomic mass is 16.2. The molecule has 1 heterocycles. The first-order valence-corrected chi connectivity index (χ1v) is 8.62. The molecule has 5 nitrogen and oxygen atoms in total. The van der Waals surface area contributed by atoms with Crippen LogP contribution in [0, 0.1) is 0 Å². The second kappa shape index (κ2) is 7.13. The highest BCUT2D eigenvalue weighted by Gasteiger charge is 2.24. The number of carbonyl (C=O) groups excluding carboxylic acids is 2. The summed E-state index contributed by atoms with van der Waals surface area (Å²) in [5.74, 6) is 0.0884. The number of nitrogens with one attached hydrogen (secondary N) is 1. The molecule has 3 rings (SSSR count). The van der Waals surface area contributed by atoms with E-state index in [0.717, 1.165) is 50.8 Å². The van der Waals surface area contributed by atoms with Gasteiger partial charge in [-0.25, -0.2) is 0 Å². The van der Waals surface area contributed by atoms with E-state index >= 15 is 0 Å². The number of benzene rings is 1. The Balaban J connectivity index is 1.64. The van der Waals surface area contributed by atoms with Crippen molar-refractivity contribution < 1.29 is 9.59 Å². The minimum absolute atomic E-state index is 0.0537. The maximum Gasteiger partial charge on any atom is 0.251 e. The summed E-state index contributed by atoms with van der Waals surface area (Å²) in [6, 6.07) is 7.43. The normalized spacial score (nSPS) is 25.3. The summed E-state index contributed by atoms with van der Waals surface area (Å²) in [5.41, 5.74) is 7.58. The van der Waals surface area contributed by atoms with Gasteiger partial charge in [0.25, 0.3) is 5.91 Å². The molecule has 0 aromatic heterocycles. The molecule has 3 N–H and O–H groups in total. The van der Waals surface area contributed by atoms with E-state index in [9.17, 15) is 9.59 Å². The van der Waals surface area contributed by atoms with Gasteiger partial charge in [0.2, 0.25) is 5.91 Å². The Morgan fingerprint density at radius 2 is 1.83 bits per heavy atom. The number of piperidine rings is 1. The molecule has 2 amide bonds. The van der Waals surface area contributed by atoms with Crippen molar-refractivity contribution >= 4 is 17.5 Å². The Labute approximate surface area is 137 Å². The van der Waals surface area contributed by atoms with Gasteiger partial charge in [0.15, 0.2) is 0 Å². The molecule has 2 aliphatic rings. The lowest BCUT2D eigenvalue weighted by atomic mass is 9.91. The summed E-state index contributed by atoms with van der Waals surface area (Å²) < 4.78 is 0. The van der Waals surface area contributed by atoms with Gasteiger partial charge in [-0.1, -0.05) is 12.8 Å². The molecule has 5 heteroatoms. The van der Waals surface area contributed by atoms with Crippen molar-refractivity contribution in [1.29, 1.82) is 0 Å². The summed E-state index contributed by atoms with van der Waals surface area (Å²) in [4.78, 5) is 26.1.